The van der Waals surface area contributed by atoms with E-state index in [0.29, 0.717) is 30.2 Å². The van der Waals surface area contributed by atoms with Crippen LogP contribution in [0.1, 0.15) is 22.2 Å². The molecule has 0 unspecified atom stereocenters. The second kappa shape index (κ2) is 7.51. The Labute approximate surface area is 139 Å². The molecule has 6 heteroatoms. The third-order valence-corrected chi connectivity index (χ3v) is 4.49. The minimum absolute atomic E-state index is 0.0482. The van der Waals surface area contributed by atoms with Crippen LogP contribution in [-0.2, 0) is 6.54 Å². The highest BCUT2D eigenvalue weighted by atomic mass is 35.5. The molecule has 0 radical (unpaired) electrons. The van der Waals surface area contributed by atoms with E-state index in [1.54, 1.807) is 37.3 Å². The van der Waals surface area contributed by atoms with E-state index in [9.17, 15) is 4.79 Å². The predicted molar refractivity (Wildman–Crippen MR) is 89.3 cm³/mol. The number of ether oxygens (including phenoxy) is 2. The molecule has 0 bridgehead atoms. The maximum absolute atomic E-state index is 12.7. The van der Waals surface area contributed by atoms with Crippen molar-refractivity contribution in [3.05, 3.63) is 45.1 Å². The number of nitrogens with zero attached hydrogens (tertiary/aromatic N) is 1. The lowest BCUT2D eigenvalue weighted by molar-refractivity contribution is 0.0754. The molecule has 1 amide bonds. The zero-order valence-electron chi connectivity index (χ0n) is 12.8. The molecule has 22 heavy (non-hydrogen) atoms. The van der Waals surface area contributed by atoms with Crippen molar-refractivity contribution in [1.29, 1.82) is 0 Å². The monoisotopic (exact) mass is 339 g/mol. The summed E-state index contributed by atoms with van der Waals surface area (Å²) in [6.45, 7) is 3.11. The van der Waals surface area contributed by atoms with Gasteiger partial charge in [-0.05, 0) is 37.3 Å². The SMILES string of the molecule is CCN(Cc1ccc(Cl)s1)C(=O)c1ccc(OC)c(OC)c1. The van der Waals surface area contributed by atoms with Crippen LogP contribution in [0, 0.1) is 0 Å². The molecule has 4 nitrogen and oxygen atoms in total. The number of methoxy groups -OCH3 is 2. The fraction of sp³-hybridized carbons (Fsp3) is 0.312. The van der Waals surface area contributed by atoms with Crippen molar-refractivity contribution in [3.8, 4) is 11.5 Å². The Hall–Kier alpha value is -1.72. The summed E-state index contributed by atoms with van der Waals surface area (Å²) in [5.74, 6) is 1.10. The number of thiophene rings is 1. The summed E-state index contributed by atoms with van der Waals surface area (Å²) < 4.78 is 11.2. The first-order valence-corrected chi connectivity index (χ1v) is 8.04. The smallest absolute Gasteiger partial charge is 0.254 e. The number of carbonyl (C=O) groups is 1. The van der Waals surface area contributed by atoms with Crippen molar-refractivity contribution in [3.63, 3.8) is 0 Å². The molecule has 0 N–H and O–H groups in total. The van der Waals surface area contributed by atoms with Crippen LogP contribution in [0.4, 0.5) is 0 Å². The Bertz CT molecular complexity index is 657. The molecule has 0 aliphatic carbocycles. The number of rotatable bonds is 6. The maximum atomic E-state index is 12.7. The van der Waals surface area contributed by atoms with Crippen molar-refractivity contribution < 1.29 is 14.3 Å². The summed E-state index contributed by atoms with van der Waals surface area (Å²) in [7, 11) is 3.12. The molecular formula is C16H18ClNO3S. The van der Waals surface area contributed by atoms with Gasteiger partial charge >= 0.3 is 0 Å². The highest BCUT2D eigenvalue weighted by molar-refractivity contribution is 7.16. The molecule has 0 spiro atoms. The van der Waals surface area contributed by atoms with Crippen molar-refractivity contribution in [2.75, 3.05) is 20.8 Å². The van der Waals surface area contributed by atoms with Crippen LogP contribution in [0.3, 0.4) is 0 Å². The summed E-state index contributed by atoms with van der Waals surface area (Å²) in [6.07, 6.45) is 0. The predicted octanol–water partition coefficient (Wildman–Crippen LogP) is 4.08. The van der Waals surface area contributed by atoms with Crippen LogP contribution in [0.15, 0.2) is 30.3 Å². The molecule has 0 saturated carbocycles. The topological polar surface area (TPSA) is 38.8 Å². The third-order valence-electron chi connectivity index (χ3n) is 3.27. The van der Waals surface area contributed by atoms with Crippen molar-refractivity contribution in [2.45, 2.75) is 13.5 Å². The molecule has 118 valence electrons. The number of hydrogen-bond donors (Lipinski definition) is 0. The lowest BCUT2D eigenvalue weighted by Gasteiger charge is -2.20. The first-order valence-electron chi connectivity index (χ1n) is 6.84. The van der Waals surface area contributed by atoms with E-state index in [1.807, 2.05) is 19.1 Å². The number of halogens is 1. The number of hydrogen-bond acceptors (Lipinski definition) is 4. The van der Waals surface area contributed by atoms with E-state index in [0.717, 1.165) is 9.21 Å². The van der Waals surface area contributed by atoms with Gasteiger partial charge in [0, 0.05) is 17.0 Å². The van der Waals surface area contributed by atoms with Crippen LogP contribution in [0.2, 0.25) is 4.34 Å². The van der Waals surface area contributed by atoms with Crippen molar-refractivity contribution >= 4 is 28.8 Å². The van der Waals surface area contributed by atoms with Crippen molar-refractivity contribution in [2.24, 2.45) is 0 Å². The van der Waals surface area contributed by atoms with Gasteiger partial charge in [0.25, 0.3) is 5.91 Å². The number of benzene rings is 1. The molecule has 0 saturated heterocycles. The van der Waals surface area contributed by atoms with E-state index in [-0.39, 0.29) is 5.91 Å². The van der Waals surface area contributed by atoms with E-state index in [2.05, 4.69) is 0 Å². The van der Waals surface area contributed by atoms with Crippen LogP contribution in [-0.4, -0.2) is 31.6 Å². The van der Waals surface area contributed by atoms with Gasteiger partial charge in [0.1, 0.15) is 0 Å². The van der Waals surface area contributed by atoms with Gasteiger partial charge in [-0.3, -0.25) is 4.79 Å². The van der Waals surface area contributed by atoms with E-state index < -0.39 is 0 Å². The number of carbonyl (C=O) groups excluding carboxylic acids is 1. The molecule has 1 aromatic carbocycles. The molecule has 0 aliphatic rings. The molecule has 0 atom stereocenters. The largest absolute Gasteiger partial charge is 0.493 e. The van der Waals surface area contributed by atoms with Gasteiger partial charge in [0.2, 0.25) is 0 Å². The zero-order valence-corrected chi connectivity index (χ0v) is 14.3. The fourth-order valence-electron chi connectivity index (χ4n) is 2.10. The molecular weight excluding hydrogens is 322 g/mol. The third kappa shape index (κ3) is 3.72. The first kappa shape index (κ1) is 16.6. The Morgan fingerprint density at radius 1 is 1.18 bits per heavy atom. The zero-order chi connectivity index (χ0) is 16.1. The van der Waals surface area contributed by atoms with Gasteiger partial charge in [-0.15, -0.1) is 11.3 Å². The summed E-state index contributed by atoms with van der Waals surface area (Å²) in [4.78, 5) is 15.5. The van der Waals surface area contributed by atoms with Crippen LogP contribution < -0.4 is 9.47 Å². The summed E-state index contributed by atoms with van der Waals surface area (Å²) in [5.41, 5.74) is 0.571. The van der Waals surface area contributed by atoms with Crippen LogP contribution >= 0.6 is 22.9 Å². The Morgan fingerprint density at radius 3 is 2.45 bits per heavy atom. The molecule has 1 aromatic heterocycles. The minimum atomic E-state index is -0.0482. The second-order valence-electron chi connectivity index (χ2n) is 4.59. The van der Waals surface area contributed by atoms with E-state index in [4.69, 9.17) is 21.1 Å². The summed E-state index contributed by atoms with van der Waals surface area (Å²) in [6, 6.07) is 8.97. The van der Waals surface area contributed by atoms with Gasteiger partial charge in [-0.25, -0.2) is 0 Å². The quantitative estimate of drug-likeness (QED) is 0.796. The average molecular weight is 340 g/mol. The van der Waals surface area contributed by atoms with Gasteiger partial charge in [-0.2, -0.15) is 0 Å². The van der Waals surface area contributed by atoms with E-state index in [1.165, 1.54) is 11.3 Å². The number of amides is 1. The standard InChI is InChI=1S/C16H18ClNO3S/c1-4-18(10-12-6-8-15(17)22-12)16(19)11-5-7-13(20-2)14(9-11)21-3/h5-9H,4,10H2,1-3H3. The van der Waals surface area contributed by atoms with Gasteiger partial charge in [-0.1, -0.05) is 11.6 Å². The van der Waals surface area contributed by atoms with Crippen molar-refractivity contribution in [1.82, 2.24) is 4.90 Å². The highest BCUT2D eigenvalue weighted by Gasteiger charge is 2.17. The lowest BCUT2D eigenvalue weighted by atomic mass is 10.1. The maximum Gasteiger partial charge on any atom is 0.254 e. The lowest BCUT2D eigenvalue weighted by Crippen LogP contribution is -2.30. The summed E-state index contributed by atoms with van der Waals surface area (Å²) >= 11 is 7.43. The van der Waals surface area contributed by atoms with Gasteiger partial charge < -0.3 is 14.4 Å². The first-order chi connectivity index (χ1) is 10.6. The molecule has 1 heterocycles. The normalized spacial score (nSPS) is 10.4. The summed E-state index contributed by atoms with van der Waals surface area (Å²) in [5, 5.41) is 0. The van der Waals surface area contributed by atoms with Crippen LogP contribution in [0.5, 0.6) is 11.5 Å². The molecule has 0 aliphatic heterocycles. The van der Waals surface area contributed by atoms with Gasteiger partial charge in [0.05, 0.1) is 25.1 Å². The molecule has 0 fully saturated rings. The fourth-order valence-corrected chi connectivity index (χ4v) is 3.21. The highest BCUT2D eigenvalue weighted by Crippen LogP contribution is 2.29. The van der Waals surface area contributed by atoms with Gasteiger partial charge in [0.15, 0.2) is 11.5 Å². The molecule has 2 aromatic rings. The minimum Gasteiger partial charge on any atom is -0.493 e. The Kier molecular flexibility index (Phi) is 5.69. The van der Waals surface area contributed by atoms with E-state index >= 15 is 0 Å². The second-order valence-corrected chi connectivity index (χ2v) is 6.39. The molecule has 2 rings (SSSR count). The average Bonchev–Trinajstić information content (AvgIpc) is 2.96. The van der Waals surface area contributed by atoms with Crippen LogP contribution in [0.25, 0.3) is 0 Å². The Morgan fingerprint density at radius 2 is 1.91 bits per heavy atom. The Balaban J connectivity index is 2.20.